The van der Waals surface area contributed by atoms with Crippen LogP contribution in [0.15, 0.2) is 72.8 Å². The minimum Gasteiger partial charge on any atom is -0.488 e. The van der Waals surface area contributed by atoms with Crippen molar-refractivity contribution < 1.29 is 19.7 Å². The molecule has 6 heteroatoms. The number of halogens is 2. The summed E-state index contributed by atoms with van der Waals surface area (Å²) in [5.74, 6) is -0.393. The lowest BCUT2D eigenvalue weighted by Crippen LogP contribution is -2.01. The lowest BCUT2D eigenvalue weighted by Gasteiger charge is -2.15. The molecule has 0 heterocycles. The van der Waals surface area contributed by atoms with Gasteiger partial charge in [0.15, 0.2) is 0 Å². The molecular formula is C26H22Cl2O4. The van der Waals surface area contributed by atoms with E-state index in [1.165, 1.54) is 6.08 Å². The van der Waals surface area contributed by atoms with Crippen molar-refractivity contribution >= 4 is 41.3 Å². The summed E-state index contributed by atoms with van der Waals surface area (Å²) >= 11 is 12.5. The van der Waals surface area contributed by atoms with Crippen LogP contribution in [0.4, 0.5) is 0 Å². The molecule has 0 aliphatic rings. The third-order valence-electron chi connectivity index (χ3n) is 4.84. The van der Waals surface area contributed by atoms with Crippen molar-refractivity contribution in [2.75, 3.05) is 0 Å². The zero-order valence-electron chi connectivity index (χ0n) is 17.3. The Balaban J connectivity index is 1.84. The van der Waals surface area contributed by atoms with Crippen LogP contribution in [-0.4, -0.2) is 16.2 Å². The van der Waals surface area contributed by atoms with Crippen molar-refractivity contribution in [1.29, 1.82) is 0 Å². The molecule has 0 bridgehead atoms. The van der Waals surface area contributed by atoms with Gasteiger partial charge in [-0.05, 0) is 41.8 Å². The van der Waals surface area contributed by atoms with Crippen LogP contribution in [0.25, 0.3) is 12.2 Å². The second-order valence-corrected chi connectivity index (χ2v) is 7.90. The van der Waals surface area contributed by atoms with Crippen molar-refractivity contribution in [2.45, 2.75) is 19.6 Å². The highest BCUT2D eigenvalue weighted by Crippen LogP contribution is 2.30. The molecule has 164 valence electrons. The molecule has 0 radical (unpaired) electrons. The third-order valence-corrected chi connectivity index (χ3v) is 5.55. The molecule has 0 spiro atoms. The van der Waals surface area contributed by atoms with Crippen LogP contribution in [0.3, 0.4) is 0 Å². The third kappa shape index (κ3) is 6.01. The number of aliphatic carboxylic acids is 1. The largest absolute Gasteiger partial charge is 0.488 e. The maximum absolute atomic E-state index is 10.8. The van der Waals surface area contributed by atoms with E-state index in [9.17, 15) is 9.90 Å². The molecule has 2 N–H and O–H groups in total. The monoisotopic (exact) mass is 468 g/mol. The van der Waals surface area contributed by atoms with E-state index in [4.69, 9.17) is 33.0 Å². The van der Waals surface area contributed by atoms with Gasteiger partial charge in [-0.2, -0.15) is 0 Å². The van der Waals surface area contributed by atoms with Crippen molar-refractivity contribution in [2.24, 2.45) is 0 Å². The summed E-state index contributed by atoms with van der Waals surface area (Å²) in [5, 5.41) is 20.7. The molecular weight excluding hydrogens is 447 g/mol. The quantitative estimate of drug-likeness (QED) is 0.359. The van der Waals surface area contributed by atoms with Crippen LogP contribution in [0, 0.1) is 6.92 Å². The fourth-order valence-electron chi connectivity index (χ4n) is 3.21. The number of hydrogen-bond acceptors (Lipinski definition) is 3. The van der Waals surface area contributed by atoms with Gasteiger partial charge in [-0.25, -0.2) is 4.79 Å². The van der Waals surface area contributed by atoms with Crippen LogP contribution >= 0.6 is 23.2 Å². The van der Waals surface area contributed by atoms with Gasteiger partial charge in [0.2, 0.25) is 0 Å². The standard InChI is InChI=1S/C26H22Cl2O4/c1-17-6-4-8-19(26(17)32-16-21-22(27)10-5-11-23(21)28)12-14-24(29)20-9-3-2-7-18(20)13-15-25(30)31/h2-15,24,29H,16H2,1H3,(H,30,31)/b14-12+,15-13+. The number of ether oxygens (including phenoxy) is 1. The van der Waals surface area contributed by atoms with Gasteiger partial charge in [0, 0.05) is 27.2 Å². The first-order valence-corrected chi connectivity index (χ1v) is 10.6. The van der Waals surface area contributed by atoms with Crippen molar-refractivity contribution in [3.63, 3.8) is 0 Å². The Kier molecular flexibility index (Phi) is 8.12. The fourth-order valence-corrected chi connectivity index (χ4v) is 3.72. The van der Waals surface area contributed by atoms with Gasteiger partial charge in [-0.15, -0.1) is 0 Å². The SMILES string of the molecule is Cc1cccc(/C=C/C(O)c2ccccc2/C=C/C(=O)O)c1OCc1c(Cl)cccc1Cl. The Morgan fingerprint density at radius 2 is 1.62 bits per heavy atom. The number of carbonyl (C=O) groups is 1. The summed E-state index contributed by atoms with van der Waals surface area (Å²) in [7, 11) is 0. The zero-order valence-corrected chi connectivity index (χ0v) is 18.8. The van der Waals surface area contributed by atoms with Gasteiger partial charge in [0.05, 0.1) is 6.10 Å². The summed E-state index contributed by atoms with van der Waals surface area (Å²) in [6, 6.07) is 18.1. The van der Waals surface area contributed by atoms with E-state index in [1.54, 1.807) is 54.6 Å². The minimum absolute atomic E-state index is 0.204. The molecule has 3 aromatic carbocycles. The number of hydrogen-bond donors (Lipinski definition) is 2. The Hall–Kier alpha value is -3.05. The van der Waals surface area contributed by atoms with E-state index in [2.05, 4.69) is 0 Å². The highest BCUT2D eigenvalue weighted by Gasteiger charge is 2.11. The summed E-state index contributed by atoms with van der Waals surface area (Å²) in [4.78, 5) is 10.8. The van der Waals surface area contributed by atoms with E-state index in [1.807, 2.05) is 25.1 Å². The Morgan fingerprint density at radius 1 is 0.969 bits per heavy atom. The number of aliphatic hydroxyl groups is 1. The number of carboxylic acids is 1. The van der Waals surface area contributed by atoms with Crippen molar-refractivity contribution in [1.82, 2.24) is 0 Å². The predicted octanol–water partition coefficient (Wildman–Crippen LogP) is 6.73. The average molecular weight is 469 g/mol. The maximum Gasteiger partial charge on any atom is 0.328 e. The Bertz CT molecular complexity index is 1150. The molecule has 0 saturated heterocycles. The Morgan fingerprint density at radius 3 is 2.34 bits per heavy atom. The molecule has 1 unspecified atom stereocenters. The minimum atomic E-state index is -1.05. The fraction of sp³-hybridized carbons (Fsp3) is 0.115. The van der Waals surface area contributed by atoms with Gasteiger partial charge in [0.25, 0.3) is 0 Å². The molecule has 0 aliphatic carbocycles. The molecule has 0 aliphatic heterocycles. The molecule has 3 aromatic rings. The normalized spacial score (nSPS) is 12.4. The zero-order chi connectivity index (χ0) is 23.1. The smallest absolute Gasteiger partial charge is 0.328 e. The first kappa shape index (κ1) is 23.6. The van der Waals surface area contributed by atoms with Crippen LogP contribution in [0.1, 0.15) is 33.9 Å². The van der Waals surface area contributed by atoms with E-state index in [-0.39, 0.29) is 6.61 Å². The van der Waals surface area contributed by atoms with Gasteiger partial charge in [-0.1, -0.05) is 83.9 Å². The number of benzene rings is 3. The summed E-state index contributed by atoms with van der Waals surface area (Å²) in [6.45, 7) is 2.14. The summed E-state index contributed by atoms with van der Waals surface area (Å²) in [5.41, 5.74) is 3.63. The van der Waals surface area contributed by atoms with E-state index in [0.717, 1.165) is 17.2 Å². The molecule has 0 amide bonds. The first-order chi connectivity index (χ1) is 15.4. The molecule has 4 nitrogen and oxygen atoms in total. The van der Waals surface area contributed by atoms with Crippen molar-refractivity contribution in [3.8, 4) is 5.75 Å². The van der Waals surface area contributed by atoms with E-state index in [0.29, 0.717) is 32.5 Å². The molecule has 0 saturated carbocycles. The van der Waals surface area contributed by atoms with Gasteiger partial charge < -0.3 is 14.9 Å². The second-order valence-electron chi connectivity index (χ2n) is 7.09. The Labute approximate surface area is 197 Å². The van der Waals surface area contributed by atoms with Crippen molar-refractivity contribution in [3.05, 3.63) is 111 Å². The summed E-state index contributed by atoms with van der Waals surface area (Å²) < 4.78 is 6.06. The lowest BCUT2D eigenvalue weighted by atomic mass is 10.0. The van der Waals surface area contributed by atoms with Crippen LogP contribution in [0.5, 0.6) is 5.75 Å². The molecule has 32 heavy (non-hydrogen) atoms. The average Bonchev–Trinajstić information content (AvgIpc) is 2.77. The topological polar surface area (TPSA) is 66.8 Å². The molecule has 0 aromatic heterocycles. The number of rotatable bonds is 8. The number of carboxylic acid groups (broad SMARTS) is 1. The van der Waals surface area contributed by atoms with Crippen LogP contribution < -0.4 is 4.74 Å². The lowest BCUT2D eigenvalue weighted by molar-refractivity contribution is -0.131. The van der Waals surface area contributed by atoms with E-state index >= 15 is 0 Å². The number of aryl methyl sites for hydroxylation is 1. The summed E-state index contributed by atoms with van der Waals surface area (Å²) in [6.07, 6.45) is 4.98. The highest BCUT2D eigenvalue weighted by molar-refractivity contribution is 6.35. The van der Waals surface area contributed by atoms with E-state index < -0.39 is 12.1 Å². The van der Waals surface area contributed by atoms with Gasteiger partial charge >= 0.3 is 5.97 Å². The van der Waals surface area contributed by atoms with Crippen LogP contribution in [0.2, 0.25) is 10.0 Å². The van der Waals surface area contributed by atoms with Crippen LogP contribution in [-0.2, 0) is 11.4 Å². The van der Waals surface area contributed by atoms with Gasteiger partial charge in [-0.3, -0.25) is 0 Å². The second kappa shape index (κ2) is 11.0. The number of para-hydroxylation sites is 1. The predicted molar refractivity (Wildman–Crippen MR) is 129 cm³/mol. The molecule has 3 rings (SSSR count). The first-order valence-electron chi connectivity index (χ1n) is 9.88. The number of aliphatic hydroxyl groups excluding tert-OH is 1. The van der Waals surface area contributed by atoms with Gasteiger partial charge in [0.1, 0.15) is 12.4 Å². The molecule has 0 fully saturated rings. The highest BCUT2D eigenvalue weighted by atomic mass is 35.5. The molecule has 1 atom stereocenters. The maximum atomic E-state index is 10.8.